The Hall–Kier alpha value is -2.57. The first-order valence-electron chi connectivity index (χ1n) is 7.22. The van der Waals surface area contributed by atoms with E-state index in [2.05, 4.69) is 4.98 Å². The van der Waals surface area contributed by atoms with Crippen LogP contribution in [0.2, 0.25) is 0 Å². The lowest BCUT2D eigenvalue weighted by atomic mass is 9.96. The number of hydrogen-bond acceptors (Lipinski definition) is 1. The van der Waals surface area contributed by atoms with Crippen LogP contribution in [0.3, 0.4) is 0 Å². The fourth-order valence-corrected chi connectivity index (χ4v) is 2.66. The molecule has 0 aliphatic heterocycles. The monoisotopic (exact) mass is 355 g/mol. The Bertz CT molecular complexity index is 908. The molecule has 1 aromatic heterocycles. The standard InChI is InChI=1S/C18H11F6N/c1-10-6-15(14-4-2-3-5-16(14)25-10)11-7-12(17(19,20)21)9-13(8-11)18(22,23)24/h2-9H,1H3. The van der Waals surface area contributed by atoms with Gasteiger partial charge in [0.25, 0.3) is 0 Å². The van der Waals surface area contributed by atoms with Crippen molar-refractivity contribution in [3.63, 3.8) is 0 Å². The van der Waals surface area contributed by atoms with E-state index in [0.29, 0.717) is 16.6 Å². The third-order valence-corrected chi connectivity index (χ3v) is 3.74. The molecule has 3 aromatic rings. The normalized spacial score (nSPS) is 12.6. The van der Waals surface area contributed by atoms with Crippen LogP contribution in [0.1, 0.15) is 16.8 Å². The maximum atomic E-state index is 13.1. The molecule has 0 radical (unpaired) electrons. The van der Waals surface area contributed by atoms with Crippen LogP contribution in [0.15, 0.2) is 48.5 Å². The maximum absolute atomic E-state index is 13.1. The first-order valence-corrected chi connectivity index (χ1v) is 7.22. The van der Waals surface area contributed by atoms with Crippen LogP contribution in [-0.2, 0) is 12.4 Å². The smallest absolute Gasteiger partial charge is 0.253 e. The van der Waals surface area contributed by atoms with Gasteiger partial charge in [0, 0.05) is 11.1 Å². The second-order valence-electron chi connectivity index (χ2n) is 5.62. The minimum atomic E-state index is -4.88. The summed E-state index contributed by atoms with van der Waals surface area (Å²) in [6.07, 6.45) is -9.76. The van der Waals surface area contributed by atoms with Gasteiger partial charge in [-0.25, -0.2) is 0 Å². The number of fused-ring (bicyclic) bond motifs is 1. The molecule has 130 valence electrons. The van der Waals surface area contributed by atoms with Crippen molar-refractivity contribution in [2.45, 2.75) is 19.3 Å². The lowest BCUT2D eigenvalue weighted by Crippen LogP contribution is -2.11. The summed E-state index contributed by atoms with van der Waals surface area (Å²) in [6, 6.07) is 9.70. The molecular formula is C18H11F6N. The Morgan fingerprint density at radius 3 is 1.88 bits per heavy atom. The number of aromatic nitrogens is 1. The van der Waals surface area contributed by atoms with Crippen LogP contribution in [0.4, 0.5) is 26.3 Å². The van der Waals surface area contributed by atoms with Crippen molar-refractivity contribution in [1.29, 1.82) is 0 Å². The number of benzene rings is 2. The van der Waals surface area contributed by atoms with Gasteiger partial charge in [-0.15, -0.1) is 0 Å². The molecule has 0 fully saturated rings. The zero-order valence-corrected chi connectivity index (χ0v) is 12.8. The number of alkyl halides is 6. The van der Waals surface area contributed by atoms with E-state index in [4.69, 9.17) is 0 Å². The molecular weight excluding hydrogens is 344 g/mol. The first-order chi connectivity index (χ1) is 11.6. The zero-order valence-electron chi connectivity index (χ0n) is 12.8. The Morgan fingerprint density at radius 1 is 0.760 bits per heavy atom. The van der Waals surface area contributed by atoms with E-state index in [1.54, 1.807) is 31.2 Å². The summed E-state index contributed by atoms with van der Waals surface area (Å²) < 4.78 is 78.4. The van der Waals surface area contributed by atoms with Gasteiger partial charge in [0.05, 0.1) is 16.6 Å². The molecule has 7 heteroatoms. The lowest BCUT2D eigenvalue weighted by Gasteiger charge is -2.15. The number of nitrogens with zero attached hydrogens (tertiary/aromatic N) is 1. The first kappa shape index (κ1) is 17.3. The van der Waals surface area contributed by atoms with Gasteiger partial charge in [0.1, 0.15) is 0 Å². The predicted octanol–water partition coefficient (Wildman–Crippen LogP) is 6.25. The number of para-hydroxylation sites is 1. The van der Waals surface area contributed by atoms with Crippen LogP contribution in [0.25, 0.3) is 22.0 Å². The van der Waals surface area contributed by atoms with E-state index >= 15 is 0 Å². The average molecular weight is 355 g/mol. The summed E-state index contributed by atoms with van der Waals surface area (Å²) >= 11 is 0. The summed E-state index contributed by atoms with van der Waals surface area (Å²) in [4.78, 5) is 4.26. The number of halogens is 6. The Kier molecular flexibility index (Phi) is 3.97. The molecule has 0 aliphatic carbocycles. The summed E-state index contributed by atoms with van der Waals surface area (Å²) in [5.41, 5.74) is -1.54. The van der Waals surface area contributed by atoms with Crippen molar-refractivity contribution < 1.29 is 26.3 Å². The van der Waals surface area contributed by atoms with E-state index < -0.39 is 23.5 Å². The third-order valence-electron chi connectivity index (χ3n) is 3.74. The summed E-state index contributed by atoms with van der Waals surface area (Å²) in [5, 5.41) is 0.487. The van der Waals surface area contributed by atoms with Crippen molar-refractivity contribution >= 4 is 10.9 Å². The second-order valence-corrected chi connectivity index (χ2v) is 5.62. The molecule has 0 amide bonds. The molecule has 25 heavy (non-hydrogen) atoms. The fraction of sp³-hybridized carbons (Fsp3) is 0.167. The van der Waals surface area contributed by atoms with E-state index in [1.807, 2.05) is 0 Å². The van der Waals surface area contributed by atoms with Crippen molar-refractivity contribution in [2.75, 3.05) is 0 Å². The molecule has 0 aliphatic rings. The van der Waals surface area contributed by atoms with E-state index in [9.17, 15) is 26.3 Å². The summed E-state index contributed by atoms with van der Waals surface area (Å²) in [7, 11) is 0. The van der Waals surface area contributed by atoms with Crippen molar-refractivity contribution in [1.82, 2.24) is 4.98 Å². The molecule has 1 heterocycles. The molecule has 0 saturated heterocycles. The number of aryl methyl sites for hydroxylation is 1. The van der Waals surface area contributed by atoms with Gasteiger partial charge in [-0.05, 0) is 48.4 Å². The Labute approximate surface area is 138 Å². The minimum Gasteiger partial charge on any atom is -0.253 e. The molecule has 0 spiro atoms. The van der Waals surface area contributed by atoms with Crippen LogP contribution >= 0.6 is 0 Å². The molecule has 0 bridgehead atoms. The highest BCUT2D eigenvalue weighted by Gasteiger charge is 2.37. The van der Waals surface area contributed by atoms with Crippen molar-refractivity contribution in [2.24, 2.45) is 0 Å². The third kappa shape index (κ3) is 3.45. The fourth-order valence-electron chi connectivity index (χ4n) is 2.66. The van der Waals surface area contributed by atoms with Gasteiger partial charge in [-0.1, -0.05) is 18.2 Å². The van der Waals surface area contributed by atoms with Gasteiger partial charge in [-0.2, -0.15) is 26.3 Å². The highest BCUT2D eigenvalue weighted by Crippen LogP contribution is 2.40. The van der Waals surface area contributed by atoms with Crippen LogP contribution in [-0.4, -0.2) is 4.98 Å². The van der Waals surface area contributed by atoms with Crippen LogP contribution in [0.5, 0.6) is 0 Å². The van der Waals surface area contributed by atoms with Gasteiger partial charge in [-0.3, -0.25) is 4.98 Å². The molecule has 0 unspecified atom stereocenters. The average Bonchev–Trinajstić information content (AvgIpc) is 2.52. The highest BCUT2D eigenvalue weighted by molar-refractivity contribution is 5.94. The number of hydrogen-bond donors (Lipinski definition) is 0. The van der Waals surface area contributed by atoms with Crippen LogP contribution in [0, 0.1) is 6.92 Å². The molecule has 0 saturated carbocycles. The van der Waals surface area contributed by atoms with Gasteiger partial charge < -0.3 is 0 Å². The SMILES string of the molecule is Cc1cc(-c2cc(C(F)(F)F)cc(C(F)(F)F)c2)c2ccccc2n1. The van der Waals surface area contributed by atoms with Gasteiger partial charge in [0.2, 0.25) is 0 Å². The molecule has 2 aromatic carbocycles. The molecule has 3 rings (SSSR count). The van der Waals surface area contributed by atoms with Crippen LogP contribution < -0.4 is 0 Å². The molecule has 0 atom stereocenters. The van der Waals surface area contributed by atoms with Crippen molar-refractivity contribution in [3.05, 3.63) is 65.4 Å². The minimum absolute atomic E-state index is 0.125. The predicted molar refractivity (Wildman–Crippen MR) is 81.9 cm³/mol. The highest BCUT2D eigenvalue weighted by atomic mass is 19.4. The quantitative estimate of drug-likeness (QED) is 0.470. The zero-order chi connectivity index (χ0) is 18.4. The maximum Gasteiger partial charge on any atom is 0.416 e. The topological polar surface area (TPSA) is 12.9 Å². The van der Waals surface area contributed by atoms with Gasteiger partial charge >= 0.3 is 12.4 Å². The largest absolute Gasteiger partial charge is 0.416 e. The number of pyridine rings is 1. The lowest BCUT2D eigenvalue weighted by molar-refractivity contribution is -0.143. The van der Waals surface area contributed by atoms with E-state index in [0.717, 1.165) is 12.1 Å². The number of rotatable bonds is 1. The van der Waals surface area contributed by atoms with Gasteiger partial charge in [0.15, 0.2) is 0 Å². The summed E-state index contributed by atoms with van der Waals surface area (Å²) in [6.45, 7) is 1.63. The molecule has 1 nitrogen and oxygen atoms in total. The Balaban J connectivity index is 2.34. The van der Waals surface area contributed by atoms with E-state index in [1.165, 1.54) is 6.07 Å². The molecule has 0 N–H and O–H groups in total. The van der Waals surface area contributed by atoms with Crippen molar-refractivity contribution in [3.8, 4) is 11.1 Å². The van der Waals surface area contributed by atoms with E-state index in [-0.39, 0.29) is 17.2 Å². The Morgan fingerprint density at radius 2 is 1.32 bits per heavy atom. The second kappa shape index (κ2) is 5.75. The summed E-state index contributed by atoms with van der Waals surface area (Å²) in [5.74, 6) is 0.